The van der Waals surface area contributed by atoms with Crippen LogP contribution in [0.5, 0.6) is 0 Å². The molecule has 0 aliphatic carbocycles. The summed E-state index contributed by atoms with van der Waals surface area (Å²) in [5.74, 6) is 0. The maximum atomic E-state index is 10.5. The lowest BCUT2D eigenvalue weighted by atomic mass is 10.2. The van der Waals surface area contributed by atoms with E-state index in [2.05, 4.69) is 6.92 Å². The molecule has 12 heavy (non-hydrogen) atoms. The summed E-state index contributed by atoms with van der Waals surface area (Å²) >= 11 is 0. The van der Waals surface area contributed by atoms with Crippen molar-refractivity contribution in [2.45, 2.75) is 24.2 Å². The van der Waals surface area contributed by atoms with Gasteiger partial charge in [0.2, 0.25) is 0 Å². The summed E-state index contributed by atoms with van der Waals surface area (Å²) in [5, 5.41) is 16.2. The average Bonchev–Trinajstić information content (AvgIpc) is 1.97. The molecule has 2 atom stereocenters. The number of hydrogen-bond acceptors (Lipinski definition) is 4. The highest BCUT2D eigenvalue weighted by atomic mass is 32.2. The molecule has 0 spiro atoms. The van der Waals surface area contributed by atoms with Crippen molar-refractivity contribution in [3.63, 3.8) is 0 Å². The van der Waals surface area contributed by atoms with Crippen LogP contribution in [-0.4, -0.2) is 41.1 Å². The SMILES string of the molecule is [CH2]CC(CC(O)CO)S(=O)(=O)O. The van der Waals surface area contributed by atoms with Crippen LogP contribution in [0.2, 0.25) is 0 Å². The molecule has 0 aliphatic rings. The minimum atomic E-state index is -4.15. The number of hydrogen-bond donors (Lipinski definition) is 3. The topological polar surface area (TPSA) is 94.8 Å². The Morgan fingerprint density at radius 2 is 1.92 bits per heavy atom. The predicted octanol–water partition coefficient (Wildman–Crippen LogP) is -0.790. The quantitative estimate of drug-likeness (QED) is 0.502. The van der Waals surface area contributed by atoms with Crippen molar-refractivity contribution in [1.29, 1.82) is 0 Å². The molecule has 6 heteroatoms. The van der Waals surface area contributed by atoms with Crippen molar-refractivity contribution >= 4 is 10.1 Å². The normalized spacial score (nSPS) is 17.3. The summed E-state index contributed by atoms with van der Waals surface area (Å²) in [6.07, 6.45) is -1.35. The highest BCUT2D eigenvalue weighted by Crippen LogP contribution is 2.10. The minimum absolute atomic E-state index is 0.0319. The van der Waals surface area contributed by atoms with Crippen molar-refractivity contribution in [2.75, 3.05) is 6.61 Å². The molecule has 0 fully saturated rings. The van der Waals surface area contributed by atoms with Crippen molar-refractivity contribution < 1.29 is 23.2 Å². The molecular weight excluding hydrogens is 184 g/mol. The molecule has 0 rings (SSSR count). The molecule has 3 N–H and O–H groups in total. The molecule has 0 aromatic carbocycles. The molecule has 0 bridgehead atoms. The average molecular weight is 197 g/mol. The summed E-state index contributed by atoms with van der Waals surface area (Å²) < 4.78 is 29.6. The van der Waals surface area contributed by atoms with Gasteiger partial charge in [-0.15, -0.1) is 0 Å². The Morgan fingerprint density at radius 1 is 1.42 bits per heavy atom. The first-order chi connectivity index (χ1) is 5.41. The number of aliphatic hydroxyl groups is 2. The Bertz CT molecular complexity index is 210. The van der Waals surface area contributed by atoms with Crippen LogP contribution in [0.4, 0.5) is 0 Å². The van der Waals surface area contributed by atoms with Gasteiger partial charge in [0.1, 0.15) is 0 Å². The molecular formula is C6H13O5S. The van der Waals surface area contributed by atoms with Gasteiger partial charge in [0.05, 0.1) is 18.0 Å². The van der Waals surface area contributed by atoms with E-state index in [1.807, 2.05) is 0 Å². The van der Waals surface area contributed by atoms with Crippen LogP contribution in [0.1, 0.15) is 12.8 Å². The molecule has 5 nitrogen and oxygen atoms in total. The van der Waals surface area contributed by atoms with E-state index < -0.39 is 28.1 Å². The first kappa shape index (κ1) is 11.8. The van der Waals surface area contributed by atoms with Crippen LogP contribution in [0.25, 0.3) is 0 Å². The predicted molar refractivity (Wildman–Crippen MR) is 43.0 cm³/mol. The van der Waals surface area contributed by atoms with E-state index in [1.54, 1.807) is 0 Å². The van der Waals surface area contributed by atoms with E-state index in [-0.39, 0.29) is 12.8 Å². The summed E-state index contributed by atoms with van der Waals surface area (Å²) in [6, 6.07) is 0. The Labute approximate surface area is 71.8 Å². The van der Waals surface area contributed by atoms with E-state index in [4.69, 9.17) is 14.8 Å². The van der Waals surface area contributed by atoms with E-state index in [0.717, 1.165) is 0 Å². The lowest BCUT2D eigenvalue weighted by Gasteiger charge is -2.13. The van der Waals surface area contributed by atoms with Gasteiger partial charge in [-0.1, -0.05) is 6.92 Å². The molecule has 0 aromatic rings. The third kappa shape index (κ3) is 4.01. The first-order valence-corrected chi connectivity index (χ1v) is 4.96. The standard InChI is InChI=1S/C6H13O5S/c1-2-6(12(9,10)11)3-5(8)4-7/h5-8H,1-4H2,(H,9,10,11). The zero-order valence-electron chi connectivity index (χ0n) is 6.55. The van der Waals surface area contributed by atoms with Gasteiger partial charge in [0.25, 0.3) is 10.1 Å². The zero-order chi connectivity index (χ0) is 9.78. The fraction of sp³-hybridized carbons (Fsp3) is 0.833. The van der Waals surface area contributed by atoms with Gasteiger partial charge in [0.15, 0.2) is 0 Å². The minimum Gasteiger partial charge on any atom is -0.394 e. The van der Waals surface area contributed by atoms with Crippen LogP contribution >= 0.6 is 0 Å². The van der Waals surface area contributed by atoms with Crippen molar-refractivity contribution in [3.8, 4) is 0 Å². The van der Waals surface area contributed by atoms with Crippen LogP contribution in [-0.2, 0) is 10.1 Å². The van der Waals surface area contributed by atoms with Crippen molar-refractivity contribution in [2.24, 2.45) is 0 Å². The second-order valence-electron chi connectivity index (χ2n) is 2.50. The molecule has 1 radical (unpaired) electrons. The van der Waals surface area contributed by atoms with Crippen molar-refractivity contribution in [1.82, 2.24) is 0 Å². The first-order valence-electron chi connectivity index (χ1n) is 3.46. The van der Waals surface area contributed by atoms with Gasteiger partial charge in [-0.2, -0.15) is 8.42 Å². The van der Waals surface area contributed by atoms with Gasteiger partial charge in [0, 0.05) is 0 Å². The Hall–Kier alpha value is -0.170. The highest BCUT2D eigenvalue weighted by molar-refractivity contribution is 7.86. The third-order valence-electron chi connectivity index (χ3n) is 1.49. The molecule has 0 heterocycles. The van der Waals surface area contributed by atoms with E-state index in [0.29, 0.717) is 0 Å². The van der Waals surface area contributed by atoms with Crippen LogP contribution in [0.3, 0.4) is 0 Å². The maximum absolute atomic E-state index is 10.5. The van der Waals surface area contributed by atoms with Crippen molar-refractivity contribution in [3.05, 3.63) is 6.92 Å². The second kappa shape index (κ2) is 4.76. The molecule has 2 unspecified atom stereocenters. The summed E-state index contributed by atoms with van der Waals surface area (Å²) in [5.41, 5.74) is 0. The molecule has 0 saturated carbocycles. The molecule has 0 aliphatic heterocycles. The Kier molecular flexibility index (Phi) is 4.69. The molecule has 0 saturated heterocycles. The second-order valence-corrected chi connectivity index (χ2v) is 4.19. The van der Waals surface area contributed by atoms with Gasteiger partial charge in [-0.3, -0.25) is 4.55 Å². The Morgan fingerprint density at radius 3 is 2.17 bits per heavy atom. The smallest absolute Gasteiger partial charge is 0.267 e. The van der Waals surface area contributed by atoms with Gasteiger partial charge in [-0.05, 0) is 12.8 Å². The van der Waals surface area contributed by atoms with Gasteiger partial charge in [-0.25, -0.2) is 0 Å². The monoisotopic (exact) mass is 197 g/mol. The maximum Gasteiger partial charge on any atom is 0.267 e. The lowest BCUT2D eigenvalue weighted by Crippen LogP contribution is -2.27. The summed E-state index contributed by atoms with van der Waals surface area (Å²) in [6.45, 7) is 2.79. The fourth-order valence-corrected chi connectivity index (χ4v) is 1.53. The fourth-order valence-electron chi connectivity index (χ4n) is 0.766. The summed E-state index contributed by atoms with van der Waals surface area (Å²) in [7, 11) is -4.15. The Balaban J connectivity index is 4.20. The lowest BCUT2D eigenvalue weighted by molar-refractivity contribution is 0.0869. The van der Waals surface area contributed by atoms with Crippen LogP contribution < -0.4 is 0 Å². The third-order valence-corrected chi connectivity index (χ3v) is 2.76. The summed E-state index contributed by atoms with van der Waals surface area (Å²) in [4.78, 5) is 0. The largest absolute Gasteiger partial charge is 0.394 e. The molecule has 73 valence electrons. The molecule has 0 amide bonds. The van der Waals surface area contributed by atoms with Gasteiger partial charge >= 0.3 is 0 Å². The van der Waals surface area contributed by atoms with Crippen LogP contribution in [0, 0.1) is 6.92 Å². The molecule has 0 aromatic heterocycles. The zero-order valence-corrected chi connectivity index (χ0v) is 7.37. The van der Waals surface area contributed by atoms with Crippen LogP contribution in [0.15, 0.2) is 0 Å². The van der Waals surface area contributed by atoms with E-state index in [1.165, 1.54) is 0 Å². The number of aliphatic hydroxyl groups excluding tert-OH is 2. The van der Waals surface area contributed by atoms with E-state index in [9.17, 15) is 8.42 Å². The highest BCUT2D eigenvalue weighted by Gasteiger charge is 2.23. The number of rotatable bonds is 5. The van der Waals surface area contributed by atoms with Gasteiger partial charge < -0.3 is 10.2 Å². The van der Waals surface area contributed by atoms with E-state index >= 15 is 0 Å².